The highest BCUT2D eigenvalue weighted by Crippen LogP contribution is 2.24. The molecule has 0 N–H and O–H groups in total. The van der Waals surface area contributed by atoms with E-state index in [2.05, 4.69) is 53.2 Å². The highest BCUT2D eigenvalue weighted by Gasteiger charge is 2.17. The number of fused-ring (bicyclic) bond motifs is 2. The fourth-order valence-electron chi connectivity index (χ4n) is 4.14. The van der Waals surface area contributed by atoms with Crippen molar-refractivity contribution in [3.8, 4) is 11.3 Å². The predicted molar refractivity (Wildman–Crippen MR) is 139 cm³/mol. The van der Waals surface area contributed by atoms with E-state index in [1.807, 2.05) is 41.3 Å². The lowest BCUT2D eigenvalue weighted by Gasteiger charge is -2.22. The van der Waals surface area contributed by atoms with Crippen LogP contribution in [0.4, 0.5) is 0 Å². The van der Waals surface area contributed by atoms with Crippen LogP contribution in [0.5, 0.6) is 0 Å². The van der Waals surface area contributed by atoms with Gasteiger partial charge in [-0.15, -0.1) is 11.3 Å². The number of ether oxygens (including phenoxy) is 1. The molecule has 6 heteroatoms. The van der Waals surface area contributed by atoms with Crippen molar-refractivity contribution in [3.63, 3.8) is 0 Å². The van der Waals surface area contributed by atoms with Crippen LogP contribution in [0.25, 0.3) is 27.0 Å². The number of aryl methyl sites for hydroxylation is 1. The van der Waals surface area contributed by atoms with E-state index in [9.17, 15) is 4.79 Å². The molecule has 0 saturated carbocycles. The lowest BCUT2D eigenvalue weighted by Crippen LogP contribution is -2.35. The maximum Gasteiger partial charge on any atom is 0.253 e. The first-order valence-corrected chi connectivity index (χ1v) is 12.3. The smallest absolute Gasteiger partial charge is 0.253 e. The molecule has 0 bridgehead atoms. The van der Waals surface area contributed by atoms with Gasteiger partial charge in [0.25, 0.3) is 5.91 Å². The Bertz CT molecular complexity index is 1440. The van der Waals surface area contributed by atoms with Crippen molar-refractivity contribution in [1.29, 1.82) is 0 Å². The van der Waals surface area contributed by atoms with E-state index in [1.54, 1.807) is 18.4 Å². The first-order valence-electron chi connectivity index (χ1n) is 11.4. The van der Waals surface area contributed by atoms with Gasteiger partial charge in [0.05, 0.1) is 12.3 Å². The number of methoxy groups -OCH3 is 1. The van der Waals surface area contributed by atoms with Crippen LogP contribution in [0, 0.1) is 6.92 Å². The van der Waals surface area contributed by atoms with Crippen LogP contribution in [0.3, 0.4) is 0 Å². The summed E-state index contributed by atoms with van der Waals surface area (Å²) in [5.41, 5.74) is 5.17. The second kappa shape index (κ2) is 9.79. The molecule has 34 heavy (non-hydrogen) atoms. The summed E-state index contributed by atoms with van der Waals surface area (Å²) in [6.45, 7) is 3.75. The molecule has 0 aliphatic heterocycles. The van der Waals surface area contributed by atoms with Gasteiger partial charge in [-0.05, 0) is 29.8 Å². The van der Waals surface area contributed by atoms with Gasteiger partial charge in [-0.1, -0.05) is 60.2 Å². The number of aromatic nitrogens is 2. The molecule has 2 aromatic heterocycles. The summed E-state index contributed by atoms with van der Waals surface area (Å²) in [5.74, 6) is 0.0280. The van der Waals surface area contributed by atoms with E-state index in [0.717, 1.165) is 39.1 Å². The number of carbonyl (C=O) groups excluding carboxylic acids is 1. The molecule has 0 atom stereocenters. The number of imidazole rings is 1. The van der Waals surface area contributed by atoms with Crippen molar-refractivity contribution in [1.82, 2.24) is 14.3 Å². The summed E-state index contributed by atoms with van der Waals surface area (Å²) in [4.78, 5) is 21.0. The monoisotopic (exact) mass is 469 g/mol. The minimum absolute atomic E-state index is 0.0280. The molecule has 172 valence electrons. The van der Waals surface area contributed by atoms with E-state index < -0.39 is 0 Å². The average Bonchev–Trinajstić information content (AvgIpc) is 3.45. The van der Waals surface area contributed by atoms with Crippen LogP contribution in [0.1, 0.15) is 21.6 Å². The van der Waals surface area contributed by atoms with Gasteiger partial charge < -0.3 is 9.64 Å². The van der Waals surface area contributed by atoms with Crippen molar-refractivity contribution in [2.24, 2.45) is 0 Å². The molecule has 5 nitrogen and oxygen atoms in total. The summed E-state index contributed by atoms with van der Waals surface area (Å²) in [6.07, 6.45) is 2.84. The molecule has 0 unspecified atom stereocenters. The summed E-state index contributed by atoms with van der Waals surface area (Å²) in [5, 5.41) is 4.34. The third-order valence-corrected chi connectivity index (χ3v) is 7.01. The van der Waals surface area contributed by atoms with Gasteiger partial charge in [0.1, 0.15) is 0 Å². The Hall–Kier alpha value is -3.48. The molecule has 5 rings (SSSR count). The second-order valence-corrected chi connectivity index (χ2v) is 9.31. The van der Waals surface area contributed by atoms with Gasteiger partial charge >= 0.3 is 0 Å². The zero-order valence-corrected chi connectivity index (χ0v) is 20.2. The average molecular weight is 470 g/mol. The zero-order chi connectivity index (χ0) is 23.5. The molecule has 2 heterocycles. The van der Waals surface area contributed by atoms with Crippen LogP contribution in [-0.2, 0) is 11.2 Å². The van der Waals surface area contributed by atoms with Crippen LogP contribution in [-0.4, -0.2) is 47.0 Å². The Labute approximate surface area is 203 Å². The number of rotatable bonds is 8. The van der Waals surface area contributed by atoms with Crippen molar-refractivity contribution in [3.05, 3.63) is 95.1 Å². The number of hydrogen-bond acceptors (Lipinski definition) is 4. The van der Waals surface area contributed by atoms with E-state index in [0.29, 0.717) is 25.3 Å². The Kier molecular flexibility index (Phi) is 6.43. The van der Waals surface area contributed by atoms with Crippen LogP contribution < -0.4 is 0 Å². The molecule has 0 aliphatic carbocycles. The standard InChI is InChI=1S/C28H27N3O2S/c1-20-7-9-22(10-8-20)26-18-31-25(19-34-28(31)29-26)13-14-30(15-16-33-2)27(32)24-12-11-21-5-3-4-6-23(21)17-24/h3-12,17-19H,13-16H2,1-2H3. The fraction of sp³-hybridized carbons (Fsp3) is 0.214. The lowest BCUT2D eigenvalue weighted by molar-refractivity contribution is 0.0697. The lowest BCUT2D eigenvalue weighted by atomic mass is 10.1. The van der Waals surface area contributed by atoms with Crippen LogP contribution in [0.2, 0.25) is 0 Å². The predicted octanol–water partition coefficient (Wildman–Crippen LogP) is 5.86. The highest BCUT2D eigenvalue weighted by atomic mass is 32.1. The quantitative estimate of drug-likeness (QED) is 0.286. The summed E-state index contributed by atoms with van der Waals surface area (Å²) < 4.78 is 7.44. The van der Waals surface area contributed by atoms with Crippen LogP contribution >= 0.6 is 11.3 Å². The second-order valence-electron chi connectivity index (χ2n) is 8.47. The number of hydrogen-bond donors (Lipinski definition) is 0. The number of thiazole rings is 1. The molecule has 0 saturated heterocycles. The van der Waals surface area contributed by atoms with Crippen LogP contribution in [0.15, 0.2) is 78.3 Å². The Balaban J connectivity index is 1.36. The van der Waals surface area contributed by atoms with Gasteiger partial charge in [0, 0.05) is 55.0 Å². The third kappa shape index (κ3) is 4.60. The third-order valence-electron chi connectivity index (χ3n) is 6.12. The van der Waals surface area contributed by atoms with E-state index >= 15 is 0 Å². The van der Waals surface area contributed by atoms with Gasteiger partial charge in [-0.2, -0.15) is 0 Å². The Morgan fingerprint density at radius 3 is 2.62 bits per heavy atom. The Morgan fingerprint density at radius 1 is 1.03 bits per heavy atom. The van der Waals surface area contributed by atoms with Crippen molar-refractivity contribution in [2.75, 3.05) is 26.8 Å². The van der Waals surface area contributed by atoms with Gasteiger partial charge in [0.2, 0.25) is 0 Å². The minimum Gasteiger partial charge on any atom is -0.383 e. The zero-order valence-electron chi connectivity index (χ0n) is 19.4. The topological polar surface area (TPSA) is 46.8 Å². The summed E-state index contributed by atoms with van der Waals surface area (Å²) in [6, 6.07) is 22.4. The number of carbonyl (C=O) groups is 1. The Morgan fingerprint density at radius 2 is 1.82 bits per heavy atom. The molecular weight excluding hydrogens is 442 g/mol. The van der Waals surface area contributed by atoms with E-state index in [-0.39, 0.29) is 5.91 Å². The molecule has 1 amide bonds. The maximum absolute atomic E-state index is 13.4. The van der Waals surface area contributed by atoms with E-state index in [4.69, 9.17) is 9.72 Å². The molecule has 3 aromatic carbocycles. The molecular formula is C28H27N3O2S. The molecule has 0 fully saturated rings. The maximum atomic E-state index is 13.4. The molecule has 0 spiro atoms. The first-order chi connectivity index (χ1) is 16.6. The fourth-order valence-corrected chi connectivity index (χ4v) is 5.05. The molecule has 0 radical (unpaired) electrons. The van der Waals surface area contributed by atoms with Crippen molar-refractivity contribution < 1.29 is 9.53 Å². The summed E-state index contributed by atoms with van der Waals surface area (Å²) in [7, 11) is 1.67. The number of benzene rings is 3. The summed E-state index contributed by atoms with van der Waals surface area (Å²) >= 11 is 1.63. The SMILES string of the molecule is COCCN(CCc1csc2nc(-c3ccc(C)cc3)cn12)C(=O)c1ccc2ccccc2c1. The first kappa shape index (κ1) is 22.3. The highest BCUT2D eigenvalue weighted by molar-refractivity contribution is 7.15. The normalized spacial score (nSPS) is 11.4. The van der Waals surface area contributed by atoms with Gasteiger partial charge in [-0.3, -0.25) is 9.20 Å². The largest absolute Gasteiger partial charge is 0.383 e. The number of nitrogens with zero attached hydrogens (tertiary/aromatic N) is 3. The van der Waals surface area contributed by atoms with E-state index in [1.165, 1.54) is 5.56 Å². The van der Waals surface area contributed by atoms with Gasteiger partial charge in [0.15, 0.2) is 4.96 Å². The number of amides is 1. The molecule has 5 aromatic rings. The van der Waals surface area contributed by atoms with Crippen molar-refractivity contribution in [2.45, 2.75) is 13.3 Å². The minimum atomic E-state index is 0.0280. The molecule has 0 aliphatic rings. The van der Waals surface area contributed by atoms with Gasteiger partial charge in [-0.25, -0.2) is 4.98 Å². The van der Waals surface area contributed by atoms with Crippen molar-refractivity contribution >= 4 is 33.0 Å².